The summed E-state index contributed by atoms with van der Waals surface area (Å²) in [5.41, 5.74) is 1.08. The number of halogens is 1. The van der Waals surface area contributed by atoms with Gasteiger partial charge in [-0.1, -0.05) is 18.5 Å². The second kappa shape index (κ2) is 11.5. The summed E-state index contributed by atoms with van der Waals surface area (Å²) >= 11 is 7.16. The van der Waals surface area contributed by atoms with Crippen molar-refractivity contribution in [2.24, 2.45) is 0 Å². The van der Waals surface area contributed by atoms with Gasteiger partial charge >= 0.3 is 0 Å². The molecule has 2 saturated heterocycles. The molecule has 2 aliphatic rings. The molecule has 3 amide bonds. The zero-order valence-corrected chi connectivity index (χ0v) is 21.2. The lowest BCUT2D eigenvalue weighted by atomic mass is 10.0. The molecular formula is C24H29ClN4O5S. The number of likely N-dealkylation sites (tertiary alicyclic amines) is 1. The first-order valence-corrected chi connectivity index (χ1v) is 13.0. The number of rotatable bonds is 8. The van der Waals surface area contributed by atoms with Gasteiger partial charge in [0.2, 0.25) is 11.8 Å². The zero-order chi connectivity index (χ0) is 24.8. The van der Waals surface area contributed by atoms with Crippen molar-refractivity contribution >= 4 is 45.8 Å². The van der Waals surface area contributed by atoms with Gasteiger partial charge < -0.3 is 24.6 Å². The first-order valence-electron chi connectivity index (χ1n) is 11.7. The summed E-state index contributed by atoms with van der Waals surface area (Å²) in [6, 6.07) is 6.59. The highest BCUT2D eigenvalue weighted by molar-refractivity contribution is 7.13. The van der Waals surface area contributed by atoms with Crippen LogP contribution < -0.4 is 5.32 Å². The molecule has 1 aromatic carbocycles. The van der Waals surface area contributed by atoms with E-state index < -0.39 is 5.79 Å². The predicted molar refractivity (Wildman–Crippen MR) is 133 cm³/mol. The van der Waals surface area contributed by atoms with Crippen molar-refractivity contribution in [1.82, 2.24) is 14.8 Å². The number of carbonyl (C=O) groups is 3. The van der Waals surface area contributed by atoms with Crippen molar-refractivity contribution in [2.75, 3.05) is 44.7 Å². The van der Waals surface area contributed by atoms with E-state index in [1.807, 2.05) is 6.92 Å². The van der Waals surface area contributed by atoms with E-state index in [1.54, 1.807) is 34.5 Å². The highest BCUT2D eigenvalue weighted by atomic mass is 35.5. The summed E-state index contributed by atoms with van der Waals surface area (Å²) in [4.78, 5) is 45.9. The number of ether oxygens (including phenoxy) is 2. The molecule has 0 unspecified atom stereocenters. The van der Waals surface area contributed by atoms with Gasteiger partial charge in [-0.2, -0.15) is 0 Å². The SMILES string of the molecule is CCCN(CC(=O)Nc1nc(CC(=O)N2CCC3(CC2)OCCO3)cs1)C(=O)c1ccc(Cl)cc1. The molecule has 3 heterocycles. The number of nitrogens with one attached hydrogen (secondary N) is 1. The predicted octanol–water partition coefficient (Wildman–Crippen LogP) is 3.20. The number of nitrogens with zero attached hydrogens (tertiary/aromatic N) is 3. The zero-order valence-electron chi connectivity index (χ0n) is 19.6. The molecule has 0 bridgehead atoms. The Morgan fingerprint density at radius 1 is 1.17 bits per heavy atom. The Balaban J connectivity index is 1.28. The minimum atomic E-state index is -0.518. The van der Waals surface area contributed by atoms with Crippen molar-refractivity contribution in [3.05, 3.63) is 45.9 Å². The van der Waals surface area contributed by atoms with Crippen LogP contribution in [0.2, 0.25) is 5.02 Å². The van der Waals surface area contributed by atoms with E-state index in [-0.39, 0.29) is 30.7 Å². The number of thiazole rings is 1. The third kappa shape index (κ3) is 6.58. The molecule has 0 saturated carbocycles. The summed E-state index contributed by atoms with van der Waals surface area (Å²) < 4.78 is 11.4. The summed E-state index contributed by atoms with van der Waals surface area (Å²) in [6.07, 6.45) is 2.21. The average molecular weight is 521 g/mol. The highest BCUT2D eigenvalue weighted by Crippen LogP contribution is 2.31. The molecular weight excluding hydrogens is 492 g/mol. The van der Waals surface area contributed by atoms with E-state index in [0.717, 1.165) is 0 Å². The number of hydrogen-bond acceptors (Lipinski definition) is 7. The summed E-state index contributed by atoms with van der Waals surface area (Å²) in [7, 11) is 0. The Kier molecular flexibility index (Phi) is 8.38. The van der Waals surface area contributed by atoms with E-state index in [1.165, 1.54) is 16.2 Å². The molecule has 0 aliphatic carbocycles. The van der Waals surface area contributed by atoms with Crippen molar-refractivity contribution in [3.8, 4) is 0 Å². The highest BCUT2D eigenvalue weighted by Gasteiger charge is 2.40. The minimum absolute atomic E-state index is 0.0105. The smallest absolute Gasteiger partial charge is 0.254 e. The van der Waals surface area contributed by atoms with E-state index in [4.69, 9.17) is 21.1 Å². The molecule has 1 N–H and O–H groups in total. The van der Waals surface area contributed by atoms with Gasteiger partial charge in [-0.25, -0.2) is 4.98 Å². The van der Waals surface area contributed by atoms with Crippen molar-refractivity contribution in [3.63, 3.8) is 0 Å². The van der Waals surface area contributed by atoms with Gasteiger partial charge in [0.1, 0.15) is 6.54 Å². The van der Waals surface area contributed by atoms with E-state index >= 15 is 0 Å². The standard InChI is InChI=1S/C24H29ClN4O5S/c1-2-9-29(22(32)17-3-5-18(25)6-4-17)15-20(30)27-23-26-19(16-35-23)14-21(31)28-10-7-24(8-11-28)33-12-13-34-24/h3-6,16H,2,7-15H2,1H3,(H,26,27,30). The maximum absolute atomic E-state index is 12.8. The molecule has 188 valence electrons. The Morgan fingerprint density at radius 2 is 1.86 bits per heavy atom. The number of benzene rings is 1. The van der Waals surface area contributed by atoms with E-state index in [0.29, 0.717) is 73.5 Å². The first-order chi connectivity index (χ1) is 16.9. The number of carbonyl (C=O) groups excluding carboxylic acids is 3. The van der Waals surface area contributed by atoms with Crippen molar-refractivity contribution < 1.29 is 23.9 Å². The van der Waals surface area contributed by atoms with Gasteiger partial charge in [0, 0.05) is 48.4 Å². The Labute approximate surface area is 213 Å². The lowest BCUT2D eigenvalue weighted by molar-refractivity contribution is -0.187. The van der Waals surface area contributed by atoms with Gasteiger partial charge in [-0.15, -0.1) is 11.3 Å². The average Bonchev–Trinajstić information content (AvgIpc) is 3.48. The van der Waals surface area contributed by atoms with Crippen molar-refractivity contribution in [2.45, 2.75) is 38.4 Å². The molecule has 35 heavy (non-hydrogen) atoms. The van der Waals surface area contributed by atoms with E-state index in [9.17, 15) is 14.4 Å². The number of aromatic nitrogens is 1. The van der Waals surface area contributed by atoms with Gasteiger partial charge in [-0.3, -0.25) is 14.4 Å². The van der Waals surface area contributed by atoms with Crippen LogP contribution in [0, 0.1) is 0 Å². The fourth-order valence-corrected chi connectivity index (χ4v) is 5.08. The summed E-state index contributed by atoms with van der Waals surface area (Å²) in [6.45, 7) is 4.67. The third-order valence-corrected chi connectivity index (χ3v) is 7.09. The first kappa shape index (κ1) is 25.6. The molecule has 4 rings (SSSR count). The summed E-state index contributed by atoms with van der Waals surface area (Å²) in [5, 5.41) is 5.46. The Morgan fingerprint density at radius 3 is 2.51 bits per heavy atom. The van der Waals surface area contributed by atoms with E-state index in [2.05, 4.69) is 10.3 Å². The normalized spacial score (nSPS) is 16.9. The van der Waals surface area contributed by atoms with Gasteiger partial charge in [0.15, 0.2) is 10.9 Å². The quantitative estimate of drug-likeness (QED) is 0.573. The van der Waals surface area contributed by atoms with Gasteiger partial charge in [-0.05, 0) is 30.7 Å². The monoisotopic (exact) mass is 520 g/mol. The molecule has 2 aromatic rings. The number of piperidine rings is 1. The fourth-order valence-electron chi connectivity index (χ4n) is 4.22. The molecule has 9 nitrogen and oxygen atoms in total. The fraction of sp³-hybridized carbons (Fsp3) is 0.500. The maximum Gasteiger partial charge on any atom is 0.254 e. The minimum Gasteiger partial charge on any atom is -0.347 e. The molecule has 0 atom stereocenters. The van der Waals surface area contributed by atoms with Crippen LogP contribution in [0.25, 0.3) is 0 Å². The van der Waals surface area contributed by atoms with Crippen LogP contribution in [0.4, 0.5) is 5.13 Å². The molecule has 11 heteroatoms. The molecule has 1 spiro atoms. The summed E-state index contributed by atoms with van der Waals surface area (Å²) in [5.74, 6) is -1.11. The number of amides is 3. The lowest BCUT2D eigenvalue weighted by Crippen LogP contribution is -2.47. The van der Waals surface area contributed by atoms with Crippen LogP contribution >= 0.6 is 22.9 Å². The maximum atomic E-state index is 12.8. The molecule has 1 aromatic heterocycles. The topological polar surface area (TPSA) is 101 Å². The lowest BCUT2D eigenvalue weighted by Gasteiger charge is -2.37. The number of hydrogen-bond donors (Lipinski definition) is 1. The second-order valence-electron chi connectivity index (χ2n) is 8.59. The molecule has 2 fully saturated rings. The molecule has 2 aliphatic heterocycles. The van der Waals surface area contributed by atoms with Gasteiger partial charge in [0.25, 0.3) is 5.91 Å². The van der Waals surface area contributed by atoms with Gasteiger partial charge in [0.05, 0.1) is 25.3 Å². The van der Waals surface area contributed by atoms with Crippen LogP contribution in [-0.4, -0.2) is 77.7 Å². The van der Waals surface area contributed by atoms with Crippen LogP contribution in [0.15, 0.2) is 29.6 Å². The molecule has 0 radical (unpaired) electrons. The van der Waals surface area contributed by atoms with Crippen LogP contribution in [0.1, 0.15) is 42.2 Å². The van der Waals surface area contributed by atoms with Crippen LogP contribution in [0.5, 0.6) is 0 Å². The third-order valence-electron chi connectivity index (χ3n) is 6.03. The second-order valence-corrected chi connectivity index (χ2v) is 9.89. The largest absolute Gasteiger partial charge is 0.347 e. The Bertz CT molecular complexity index is 1040. The van der Waals surface area contributed by atoms with Crippen LogP contribution in [0.3, 0.4) is 0 Å². The Hall–Kier alpha value is -2.53. The van der Waals surface area contributed by atoms with Crippen molar-refractivity contribution in [1.29, 1.82) is 0 Å². The number of anilines is 1. The van der Waals surface area contributed by atoms with Crippen LogP contribution in [-0.2, 0) is 25.5 Å².